The van der Waals surface area contributed by atoms with Gasteiger partial charge in [-0.3, -0.25) is 0 Å². The fourth-order valence-corrected chi connectivity index (χ4v) is 9.73. The molecule has 3 heterocycles. The third-order valence-electron chi connectivity index (χ3n) is 12.8. The van der Waals surface area contributed by atoms with E-state index >= 15 is 0 Å². The summed E-state index contributed by atoms with van der Waals surface area (Å²) in [6.07, 6.45) is 5.25. The third kappa shape index (κ3) is 5.68. The lowest BCUT2D eigenvalue weighted by atomic mass is 9.82. The molecule has 0 saturated heterocycles. The van der Waals surface area contributed by atoms with Crippen molar-refractivity contribution in [1.29, 1.82) is 0 Å². The normalized spacial score (nSPS) is 12.8. The molecule has 6 nitrogen and oxygen atoms in total. The summed E-state index contributed by atoms with van der Waals surface area (Å²) < 4.78 is 4.68. The van der Waals surface area contributed by atoms with Gasteiger partial charge in [0.2, 0.25) is 0 Å². The van der Waals surface area contributed by atoms with Crippen molar-refractivity contribution >= 4 is 49.8 Å². The number of benzene rings is 8. The maximum absolute atomic E-state index is 4.39. The van der Waals surface area contributed by atoms with Gasteiger partial charge in [0.15, 0.2) is 5.82 Å². The summed E-state index contributed by atoms with van der Waals surface area (Å²) in [7, 11) is 0. The van der Waals surface area contributed by atoms with Gasteiger partial charge in [-0.2, -0.15) is 0 Å². The Morgan fingerprint density at radius 3 is 1.81 bits per heavy atom. The Hall–Kier alpha value is -8.09. The average molecular weight is 797 g/mol. The predicted octanol–water partition coefficient (Wildman–Crippen LogP) is 14.0. The Morgan fingerprint density at radius 1 is 0.452 bits per heavy atom. The van der Waals surface area contributed by atoms with E-state index in [0.717, 1.165) is 39.6 Å². The molecule has 0 amide bonds. The van der Waals surface area contributed by atoms with E-state index in [2.05, 4.69) is 237 Å². The van der Waals surface area contributed by atoms with Crippen molar-refractivity contribution in [2.45, 2.75) is 19.3 Å². The summed E-state index contributed by atoms with van der Waals surface area (Å²) in [5.41, 5.74) is 17.5. The molecule has 6 heteroatoms. The van der Waals surface area contributed by atoms with E-state index in [9.17, 15) is 0 Å². The van der Waals surface area contributed by atoms with Gasteiger partial charge < -0.3 is 14.0 Å². The minimum absolute atomic E-state index is 0.125. The van der Waals surface area contributed by atoms with Crippen molar-refractivity contribution in [2.24, 2.45) is 0 Å². The van der Waals surface area contributed by atoms with Crippen molar-refractivity contribution in [3.63, 3.8) is 0 Å². The molecule has 294 valence electrons. The highest BCUT2D eigenvalue weighted by molar-refractivity contribution is 6.14. The molecule has 0 atom stereocenters. The molecule has 0 fully saturated rings. The lowest BCUT2D eigenvalue weighted by molar-refractivity contribution is 0.660. The van der Waals surface area contributed by atoms with Crippen LogP contribution in [0.15, 0.2) is 207 Å². The minimum Gasteiger partial charge on any atom is -0.316 e. The predicted molar refractivity (Wildman–Crippen MR) is 254 cm³/mol. The summed E-state index contributed by atoms with van der Waals surface area (Å²) in [4.78, 5) is 15.1. The molecule has 12 rings (SSSR count). The first-order valence-electron chi connectivity index (χ1n) is 21.1. The van der Waals surface area contributed by atoms with Crippen LogP contribution in [0.3, 0.4) is 0 Å². The Balaban J connectivity index is 0.971. The van der Waals surface area contributed by atoms with E-state index in [0.29, 0.717) is 5.82 Å². The van der Waals surface area contributed by atoms with E-state index < -0.39 is 0 Å². The number of hydrogen-bond acceptors (Lipinski definition) is 4. The fourth-order valence-electron chi connectivity index (χ4n) is 9.73. The molecule has 62 heavy (non-hydrogen) atoms. The molecule has 0 aliphatic heterocycles. The zero-order chi connectivity index (χ0) is 41.4. The van der Waals surface area contributed by atoms with E-state index in [1.54, 1.807) is 0 Å². The summed E-state index contributed by atoms with van der Waals surface area (Å²) in [6.45, 7) is 4.67. The van der Waals surface area contributed by atoms with Crippen molar-refractivity contribution in [1.82, 2.24) is 24.1 Å². The van der Waals surface area contributed by atoms with E-state index in [4.69, 9.17) is 0 Å². The van der Waals surface area contributed by atoms with Crippen LogP contribution in [0.2, 0.25) is 0 Å². The molecule has 1 aliphatic rings. The van der Waals surface area contributed by atoms with Gasteiger partial charge in [-0.15, -0.1) is 0 Å². The topological polar surface area (TPSA) is 51.8 Å². The van der Waals surface area contributed by atoms with Crippen molar-refractivity contribution in [3.8, 4) is 45.0 Å². The number of para-hydroxylation sites is 2. The van der Waals surface area contributed by atoms with Gasteiger partial charge in [0.1, 0.15) is 12.7 Å². The fraction of sp³-hybridized carbons (Fsp3) is 0.0536. The van der Waals surface area contributed by atoms with Crippen LogP contribution >= 0.6 is 0 Å². The summed E-state index contributed by atoms with van der Waals surface area (Å²) in [5, 5.41) is 3.67. The van der Waals surface area contributed by atoms with Gasteiger partial charge in [-0.1, -0.05) is 98.8 Å². The van der Waals surface area contributed by atoms with Crippen molar-refractivity contribution in [3.05, 3.63) is 218 Å². The largest absolute Gasteiger partial charge is 0.316 e. The van der Waals surface area contributed by atoms with E-state index in [-0.39, 0.29) is 5.41 Å². The van der Waals surface area contributed by atoms with Crippen LogP contribution in [-0.4, -0.2) is 24.1 Å². The second-order valence-electron chi connectivity index (χ2n) is 16.6. The Morgan fingerprint density at radius 2 is 1.06 bits per heavy atom. The van der Waals surface area contributed by atoms with Gasteiger partial charge in [0.25, 0.3) is 0 Å². The van der Waals surface area contributed by atoms with Crippen molar-refractivity contribution in [2.75, 3.05) is 4.90 Å². The molecule has 0 radical (unpaired) electrons. The van der Waals surface area contributed by atoms with Gasteiger partial charge in [0.05, 0.1) is 16.6 Å². The number of nitrogens with zero attached hydrogens (tertiary/aromatic N) is 6. The molecular weight excluding hydrogens is 757 g/mol. The Kier molecular flexibility index (Phi) is 8.09. The van der Waals surface area contributed by atoms with Crippen LogP contribution in [-0.2, 0) is 5.41 Å². The van der Waals surface area contributed by atoms with Crippen LogP contribution < -0.4 is 4.90 Å². The second kappa shape index (κ2) is 14.0. The van der Waals surface area contributed by atoms with Gasteiger partial charge in [-0.05, 0) is 137 Å². The first-order chi connectivity index (χ1) is 30.5. The van der Waals surface area contributed by atoms with Gasteiger partial charge >= 0.3 is 0 Å². The maximum atomic E-state index is 4.39. The number of anilines is 3. The average Bonchev–Trinajstić information content (AvgIpc) is 3.97. The molecule has 0 saturated carbocycles. The number of fused-ring (bicyclic) bond motifs is 7. The summed E-state index contributed by atoms with van der Waals surface area (Å²) >= 11 is 0. The minimum atomic E-state index is -0.125. The molecule has 3 aromatic heterocycles. The first kappa shape index (κ1) is 35.8. The lowest BCUT2D eigenvalue weighted by Crippen LogP contribution is -2.16. The van der Waals surface area contributed by atoms with E-state index in [1.807, 2.05) is 0 Å². The van der Waals surface area contributed by atoms with Crippen molar-refractivity contribution < 1.29 is 0 Å². The standard InChI is InChI=1S/C56H40N6/c1-56(2)50-16-10-9-15-46(50)47-27-26-45(33-51(47)56)61(44-24-19-38(20-25-44)55-58-35-57-36-59-55)43-22-17-37(18-23-43)39-21-28-52-48(31-39)49-32-40-29-30-60(41-11-5-3-6-12-41)53(40)34-54(49)62(52)42-13-7-4-8-14-42/h3-36H,1-2H3. The molecule has 0 bridgehead atoms. The van der Waals surface area contributed by atoms with E-state index in [1.165, 1.54) is 73.2 Å². The van der Waals surface area contributed by atoms with Gasteiger partial charge in [-0.25, -0.2) is 15.0 Å². The highest BCUT2D eigenvalue weighted by Gasteiger charge is 2.35. The summed E-state index contributed by atoms with van der Waals surface area (Å²) in [5.74, 6) is 0.651. The molecular formula is C56H40N6. The van der Waals surface area contributed by atoms with Gasteiger partial charge in [0, 0.05) is 61.8 Å². The molecule has 8 aromatic carbocycles. The number of rotatable bonds is 7. The zero-order valence-electron chi connectivity index (χ0n) is 34.3. The summed E-state index contributed by atoms with van der Waals surface area (Å²) in [6, 6.07) is 68.3. The SMILES string of the molecule is CC1(C)c2ccccc2-c2ccc(N(c3ccc(-c4ccc5c(c4)c4cc6ccn(-c7ccccc7)c6cc4n5-c4ccccc4)cc3)c3ccc(-c4ncncn4)cc3)cc21. The smallest absolute Gasteiger partial charge is 0.162 e. The number of hydrogen-bond donors (Lipinski definition) is 0. The highest BCUT2D eigenvalue weighted by Crippen LogP contribution is 2.51. The monoisotopic (exact) mass is 796 g/mol. The van der Waals surface area contributed by atoms with Crippen LogP contribution in [0.5, 0.6) is 0 Å². The quantitative estimate of drug-likeness (QED) is 0.161. The highest BCUT2D eigenvalue weighted by atomic mass is 15.1. The first-order valence-corrected chi connectivity index (χ1v) is 21.1. The molecule has 0 N–H and O–H groups in total. The molecule has 0 unspecified atom stereocenters. The lowest BCUT2D eigenvalue weighted by Gasteiger charge is -2.28. The van der Waals surface area contributed by atoms with Crippen LogP contribution in [0.4, 0.5) is 17.1 Å². The zero-order valence-corrected chi connectivity index (χ0v) is 34.3. The Labute approximate surface area is 359 Å². The number of aromatic nitrogens is 5. The molecule has 0 spiro atoms. The third-order valence-corrected chi connectivity index (χ3v) is 12.8. The Bertz CT molecular complexity index is 3460. The van der Waals surface area contributed by atoms with Crippen LogP contribution in [0.1, 0.15) is 25.0 Å². The second-order valence-corrected chi connectivity index (χ2v) is 16.6. The van der Waals surface area contributed by atoms with Crippen LogP contribution in [0, 0.1) is 0 Å². The molecule has 11 aromatic rings. The van der Waals surface area contributed by atoms with Crippen LogP contribution in [0.25, 0.3) is 77.7 Å². The molecule has 1 aliphatic carbocycles. The maximum Gasteiger partial charge on any atom is 0.162 e.